The van der Waals surface area contributed by atoms with Crippen LogP contribution in [0.15, 0.2) is 22.6 Å². The fourth-order valence-electron chi connectivity index (χ4n) is 2.21. The van der Waals surface area contributed by atoms with Gasteiger partial charge in [0.15, 0.2) is 17.3 Å². The lowest BCUT2D eigenvalue weighted by Gasteiger charge is -2.13. The third-order valence-corrected chi connectivity index (χ3v) is 3.24. The highest BCUT2D eigenvalue weighted by atomic mass is 16.5. The Bertz CT molecular complexity index is 670. The van der Waals surface area contributed by atoms with E-state index in [1.165, 1.54) is 21.3 Å². The fraction of sp³-hybridized carbons (Fsp3) is 0.312. The number of carbonyl (C=O) groups excluding carboxylic acids is 1. The molecule has 0 N–H and O–H groups in total. The lowest BCUT2D eigenvalue weighted by atomic mass is 10.0. The quantitative estimate of drug-likeness (QED) is 0.792. The van der Waals surface area contributed by atoms with Gasteiger partial charge >= 0.3 is 0 Å². The fourth-order valence-corrected chi connectivity index (χ4v) is 2.21. The summed E-state index contributed by atoms with van der Waals surface area (Å²) in [7, 11) is 4.56. The van der Waals surface area contributed by atoms with Crippen LogP contribution in [-0.2, 0) is 0 Å². The minimum atomic E-state index is -0.179. The van der Waals surface area contributed by atoms with Crippen LogP contribution in [0.1, 0.15) is 27.4 Å². The summed E-state index contributed by atoms with van der Waals surface area (Å²) in [4.78, 5) is 12.7. The molecular weight excluding hydrogens is 272 g/mol. The van der Waals surface area contributed by atoms with Crippen molar-refractivity contribution in [3.05, 3.63) is 40.8 Å². The van der Waals surface area contributed by atoms with Crippen molar-refractivity contribution in [2.75, 3.05) is 21.3 Å². The predicted molar refractivity (Wildman–Crippen MR) is 77.7 cm³/mol. The highest BCUT2D eigenvalue weighted by Crippen LogP contribution is 2.36. The summed E-state index contributed by atoms with van der Waals surface area (Å²) in [6.07, 6.45) is 0. The zero-order valence-corrected chi connectivity index (χ0v) is 12.8. The highest BCUT2D eigenvalue weighted by Gasteiger charge is 2.22. The number of rotatable bonds is 5. The van der Waals surface area contributed by atoms with Crippen LogP contribution in [0.5, 0.6) is 17.2 Å². The molecule has 0 aliphatic carbocycles. The molecule has 1 aromatic heterocycles. The van der Waals surface area contributed by atoms with Gasteiger partial charge in [-0.15, -0.1) is 0 Å². The Morgan fingerprint density at radius 1 is 0.857 bits per heavy atom. The Kier molecular flexibility index (Phi) is 4.21. The van der Waals surface area contributed by atoms with Crippen LogP contribution in [0.2, 0.25) is 0 Å². The van der Waals surface area contributed by atoms with Gasteiger partial charge in [0.2, 0.25) is 0 Å². The van der Waals surface area contributed by atoms with Crippen molar-refractivity contribution in [2.45, 2.75) is 13.8 Å². The van der Waals surface area contributed by atoms with Gasteiger partial charge in [0.05, 0.1) is 32.5 Å². The Hall–Kier alpha value is -2.43. The van der Waals surface area contributed by atoms with Crippen LogP contribution in [0, 0.1) is 13.8 Å². The van der Waals surface area contributed by atoms with Gasteiger partial charge in [-0.1, -0.05) is 0 Å². The van der Waals surface area contributed by atoms with E-state index in [0.29, 0.717) is 39.9 Å². The number of methoxy groups -OCH3 is 3. The number of furan rings is 1. The summed E-state index contributed by atoms with van der Waals surface area (Å²) >= 11 is 0. The number of benzene rings is 1. The third-order valence-electron chi connectivity index (χ3n) is 3.24. The first-order valence-corrected chi connectivity index (χ1v) is 6.43. The molecule has 1 heterocycles. The maximum absolute atomic E-state index is 12.7. The number of aryl methyl sites for hydroxylation is 2. The van der Waals surface area contributed by atoms with Crippen molar-refractivity contribution in [3.63, 3.8) is 0 Å². The molecule has 0 spiro atoms. The lowest BCUT2D eigenvalue weighted by Crippen LogP contribution is -2.05. The molecule has 1 aromatic carbocycles. The third kappa shape index (κ3) is 2.72. The highest BCUT2D eigenvalue weighted by molar-refractivity contribution is 6.11. The first-order chi connectivity index (χ1) is 10.0. The second-order valence-corrected chi connectivity index (χ2v) is 4.56. The Balaban J connectivity index is 2.56. The predicted octanol–water partition coefficient (Wildman–Crippen LogP) is 3.15. The van der Waals surface area contributed by atoms with E-state index in [4.69, 9.17) is 18.6 Å². The van der Waals surface area contributed by atoms with Gasteiger partial charge in [0.1, 0.15) is 17.3 Å². The molecular formula is C16H18O5. The topological polar surface area (TPSA) is 57.9 Å². The number of hydrogen-bond acceptors (Lipinski definition) is 5. The van der Waals surface area contributed by atoms with E-state index in [1.807, 2.05) is 0 Å². The molecule has 0 saturated carbocycles. The molecule has 0 radical (unpaired) electrons. The standard InChI is InChI=1S/C16H18O5/c1-9-6-11(10(2)21-9)16(17)12-7-14(19-4)15(20-5)8-13(12)18-3/h6-8H,1-5H3. The normalized spacial score (nSPS) is 10.3. The minimum absolute atomic E-state index is 0.179. The average molecular weight is 290 g/mol. The molecule has 0 aliphatic rings. The average Bonchev–Trinajstić information content (AvgIpc) is 2.83. The first-order valence-electron chi connectivity index (χ1n) is 6.43. The van der Waals surface area contributed by atoms with Crippen LogP contribution in [0.3, 0.4) is 0 Å². The van der Waals surface area contributed by atoms with Crippen LogP contribution in [-0.4, -0.2) is 27.1 Å². The van der Waals surface area contributed by atoms with Crippen molar-refractivity contribution < 1.29 is 23.4 Å². The second kappa shape index (κ2) is 5.91. The van der Waals surface area contributed by atoms with Crippen LogP contribution < -0.4 is 14.2 Å². The molecule has 2 rings (SSSR count). The molecule has 0 saturated heterocycles. The van der Waals surface area contributed by atoms with E-state index >= 15 is 0 Å². The Morgan fingerprint density at radius 3 is 1.90 bits per heavy atom. The summed E-state index contributed by atoms with van der Waals surface area (Å²) in [5.41, 5.74) is 0.914. The first kappa shape index (κ1) is 15.0. The maximum Gasteiger partial charge on any atom is 0.200 e. The van der Waals surface area contributed by atoms with E-state index in [9.17, 15) is 4.79 Å². The molecule has 0 fully saturated rings. The minimum Gasteiger partial charge on any atom is -0.496 e. The van der Waals surface area contributed by atoms with E-state index in [1.54, 1.807) is 32.0 Å². The number of ether oxygens (including phenoxy) is 3. The SMILES string of the molecule is COc1cc(OC)c(C(=O)c2cc(C)oc2C)cc1OC. The van der Waals surface area contributed by atoms with Crippen LogP contribution in [0.25, 0.3) is 0 Å². The van der Waals surface area contributed by atoms with E-state index in [0.717, 1.165) is 0 Å². The molecule has 0 atom stereocenters. The van der Waals surface area contributed by atoms with Gasteiger partial charge in [-0.3, -0.25) is 4.79 Å². The monoisotopic (exact) mass is 290 g/mol. The summed E-state index contributed by atoms with van der Waals surface area (Å²) < 4.78 is 21.2. The molecule has 0 amide bonds. The molecule has 0 bridgehead atoms. The van der Waals surface area contributed by atoms with Crippen molar-refractivity contribution >= 4 is 5.78 Å². The Labute approximate surface area is 123 Å². The number of hydrogen-bond donors (Lipinski definition) is 0. The second-order valence-electron chi connectivity index (χ2n) is 4.56. The Morgan fingerprint density at radius 2 is 1.43 bits per heavy atom. The summed E-state index contributed by atoms with van der Waals surface area (Å²) in [5, 5.41) is 0. The zero-order valence-electron chi connectivity index (χ0n) is 12.8. The molecule has 5 heteroatoms. The van der Waals surface area contributed by atoms with Crippen molar-refractivity contribution in [1.82, 2.24) is 0 Å². The van der Waals surface area contributed by atoms with Gasteiger partial charge in [-0.25, -0.2) is 0 Å². The smallest absolute Gasteiger partial charge is 0.200 e. The van der Waals surface area contributed by atoms with Crippen molar-refractivity contribution in [3.8, 4) is 17.2 Å². The molecule has 21 heavy (non-hydrogen) atoms. The van der Waals surface area contributed by atoms with E-state index in [2.05, 4.69) is 0 Å². The molecule has 0 unspecified atom stereocenters. The zero-order chi connectivity index (χ0) is 15.6. The largest absolute Gasteiger partial charge is 0.496 e. The lowest BCUT2D eigenvalue weighted by molar-refractivity contribution is 0.103. The van der Waals surface area contributed by atoms with Gasteiger partial charge in [0, 0.05) is 6.07 Å². The van der Waals surface area contributed by atoms with Gasteiger partial charge in [0.25, 0.3) is 0 Å². The van der Waals surface area contributed by atoms with Crippen LogP contribution >= 0.6 is 0 Å². The molecule has 2 aromatic rings. The number of carbonyl (C=O) groups is 1. The van der Waals surface area contributed by atoms with Crippen molar-refractivity contribution in [2.24, 2.45) is 0 Å². The summed E-state index contributed by atoms with van der Waals surface area (Å²) in [6.45, 7) is 3.56. The van der Waals surface area contributed by atoms with Gasteiger partial charge in [-0.2, -0.15) is 0 Å². The van der Waals surface area contributed by atoms with E-state index in [-0.39, 0.29) is 5.78 Å². The summed E-state index contributed by atoms with van der Waals surface area (Å²) in [5.74, 6) is 2.49. The van der Waals surface area contributed by atoms with Crippen LogP contribution in [0.4, 0.5) is 0 Å². The molecule has 112 valence electrons. The van der Waals surface area contributed by atoms with Crippen molar-refractivity contribution in [1.29, 1.82) is 0 Å². The van der Waals surface area contributed by atoms with E-state index < -0.39 is 0 Å². The maximum atomic E-state index is 12.7. The molecule has 5 nitrogen and oxygen atoms in total. The number of ketones is 1. The summed E-state index contributed by atoms with van der Waals surface area (Å²) in [6, 6.07) is 4.96. The molecule has 0 aliphatic heterocycles. The van der Waals surface area contributed by atoms with Gasteiger partial charge in [-0.05, 0) is 26.0 Å². The van der Waals surface area contributed by atoms with Gasteiger partial charge < -0.3 is 18.6 Å².